The minimum atomic E-state index is -0.375. The molecule has 0 fully saturated rings. The van der Waals surface area contributed by atoms with Gasteiger partial charge in [-0.2, -0.15) is 0 Å². The summed E-state index contributed by atoms with van der Waals surface area (Å²) in [5.74, 6) is 0.188. The van der Waals surface area contributed by atoms with Gasteiger partial charge in [0.05, 0.1) is 11.5 Å². The Morgan fingerprint density at radius 1 is 0.952 bits per heavy atom. The van der Waals surface area contributed by atoms with Crippen LogP contribution in [0.1, 0.15) is 27.0 Å². The van der Waals surface area contributed by atoms with Crippen LogP contribution in [-0.2, 0) is 24.0 Å². The largest absolute Gasteiger partial charge is 0.377 e. The van der Waals surface area contributed by atoms with Crippen LogP contribution >= 0.6 is 0 Å². The summed E-state index contributed by atoms with van der Waals surface area (Å²) in [7, 11) is 1.75. The highest BCUT2D eigenvalue weighted by atomic mass is 16.5. The average Bonchev–Trinajstić information content (AvgIpc) is 3.07. The van der Waals surface area contributed by atoms with E-state index in [1.165, 1.54) is 16.7 Å². The summed E-state index contributed by atoms with van der Waals surface area (Å²) in [4.78, 5) is 12.8. The molecule has 0 radical (unpaired) electrons. The Morgan fingerprint density at radius 3 is 2.10 bits per heavy atom. The molecule has 0 unspecified atom stereocenters. The van der Waals surface area contributed by atoms with Crippen molar-refractivity contribution in [3.05, 3.63) is 70.8 Å². The number of carbonyl (C=O) groups excluding carboxylic acids is 1. The number of Topliss-reactive ketones (excluding diaryl/α,β-unsaturated/α-hetero) is 1. The van der Waals surface area contributed by atoms with Gasteiger partial charge in [0.15, 0.2) is 5.78 Å². The lowest BCUT2D eigenvalue weighted by molar-refractivity contribution is -0.0384. The Kier molecular flexibility index (Phi) is 2.76. The third kappa shape index (κ3) is 1.79. The van der Waals surface area contributed by atoms with Crippen molar-refractivity contribution in [3.63, 3.8) is 0 Å². The summed E-state index contributed by atoms with van der Waals surface area (Å²) in [6.45, 7) is 0. The highest BCUT2D eigenvalue weighted by molar-refractivity contribution is 6.03. The van der Waals surface area contributed by atoms with Crippen LogP contribution in [0.3, 0.4) is 0 Å². The van der Waals surface area contributed by atoms with E-state index in [1.807, 2.05) is 18.2 Å². The molecule has 2 nitrogen and oxygen atoms in total. The quantitative estimate of drug-likeness (QED) is 0.843. The van der Waals surface area contributed by atoms with Crippen molar-refractivity contribution in [2.75, 3.05) is 7.11 Å². The fraction of sp³-hybridized carbons (Fsp3) is 0.316. The van der Waals surface area contributed by atoms with Crippen molar-refractivity contribution in [1.82, 2.24) is 0 Å². The first kappa shape index (κ1) is 12.8. The zero-order valence-electron chi connectivity index (χ0n) is 12.1. The molecular formula is C19H18O2. The predicted molar refractivity (Wildman–Crippen MR) is 81.6 cm³/mol. The molecular weight excluding hydrogens is 260 g/mol. The van der Waals surface area contributed by atoms with Gasteiger partial charge >= 0.3 is 0 Å². The van der Waals surface area contributed by atoms with Gasteiger partial charge in [-0.25, -0.2) is 0 Å². The third-order valence-electron chi connectivity index (χ3n) is 5.16. The van der Waals surface area contributed by atoms with Gasteiger partial charge in [0.25, 0.3) is 0 Å². The van der Waals surface area contributed by atoms with Gasteiger partial charge in [0.2, 0.25) is 0 Å². The maximum Gasteiger partial charge on any atom is 0.169 e. The van der Waals surface area contributed by atoms with Crippen LogP contribution < -0.4 is 0 Å². The van der Waals surface area contributed by atoms with E-state index in [0.29, 0.717) is 0 Å². The van der Waals surface area contributed by atoms with E-state index in [4.69, 9.17) is 4.74 Å². The Balaban J connectivity index is 1.73. The molecule has 2 aliphatic rings. The van der Waals surface area contributed by atoms with Crippen LogP contribution in [0.25, 0.3) is 0 Å². The Hall–Kier alpha value is -1.93. The van der Waals surface area contributed by atoms with Crippen molar-refractivity contribution >= 4 is 5.78 Å². The summed E-state index contributed by atoms with van der Waals surface area (Å²) in [6.07, 6.45) is 2.48. The van der Waals surface area contributed by atoms with Gasteiger partial charge in [-0.3, -0.25) is 4.79 Å². The molecule has 1 atom stereocenters. The number of rotatable bonds is 2. The molecule has 21 heavy (non-hydrogen) atoms. The van der Waals surface area contributed by atoms with Gasteiger partial charge < -0.3 is 4.74 Å². The lowest BCUT2D eigenvalue weighted by Crippen LogP contribution is -2.44. The molecule has 2 aromatic carbocycles. The summed E-state index contributed by atoms with van der Waals surface area (Å²) in [5, 5.41) is 0. The van der Waals surface area contributed by atoms with Crippen molar-refractivity contribution in [3.8, 4) is 0 Å². The molecule has 2 aliphatic carbocycles. The second-order valence-corrected chi connectivity index (χ2v) is 6.17. The smallest absolute Gasteiger partial charge is 0.169 e. The molecule has 0 bridgehead atoms. The third-order valence-corrected chi connectivity index (χ3v) is 5.16. The zero-order chi connectivity index (χ0) is 14.4. The molecule has 0 saturated heterocycles. The molecule has 0 aromatic heterocycles. The molecule has 2 aromatic rings. The minimum Gasteiger partial charge on any atom is -0.377 e. The van der Waals surface area contributed by atoms with Gasteiger partial charge in [-0.1, -0.05) is 48.5 Å². The van der Waals surface area contributed by atoms with Gasteiger partial charge in [0, 0.05) is 25.5 Å². The monoisotopic (exact) mass is 278 g/mol. The first-order valence-corrected chi connectivity index (χ1v) is 7.47. The van der Waals surface area contributed by atoms with E-state index in [9.17, 15) is 4.79 Å². The second-order valence-electron chi connectivity index (χ2n) is 6.17. The Bertz CT molecular complexity index is 692. The molecule has 106 valence electrons. The van der Waals surface area contributed by atoms with Crippen molar-refractivity contribution in [2.45, 2.75) is 24.9 Å². The minimum absolute atomic E-state index is 0.0627. The van der Waals surface area contributed by atoms with Crippen molar-refractivity contribution in [1.29, 1.82) is 0 Å². The van der Waals surface area contributed by atoms with E-state index < -0.39 is 0 Å². The number of carbonyl (C=O) groups is 1. The predicted octanol–water partition coefficient (Wildman–Crippen LogP) is 3.23. The first-order valence-electron chi connectivity index (χ1n) is 7.47. The van der Waals surface area contributed by atoms with Gasteiger partial charge in [-0.05, 0) is 23.1 Å². The number of ketones is 1. The average molecular weight is 278 g/mol. The summed E-state index contributed by atoms with van der Waals surface area (Å²) in [5.41, 5.74) is 4.32. The molecule has 0 amide bonds. The number of hydrogen-bond acceptors (Lipinski definition) is 2. The summed E-state index contributed by atoms with van der Waals surface area (Å²) in [6, 6.07) is 16.4. The van der Waals surface area contributed by atoms with Crippen LogP contribution in [0.15, 0.2) is 48.5 Å². The highest BCUT2D eigenvalue weighted by Crippen LogP contribution is 2.43. The van der Waals surface area contributed by atoms with E-state index in [0.717, 1.165) is 24.8 Å². The maximum atomic E-state index is 12.8. The van der Waals surface area contributed by atoms with Crippen LogP contribution in [-0.4, -0.2) is 18.5 Å². The normalized spacial score (nSPS) is 22.1. The molecule has 4 rings (SSSR count). The van der Waals surface area contributed by atoms with Crippen molar-refractivity contribution in [2.24, 2.45) is 5.92 Å². The van der Waals surface area contributed by atoms with Crippen LogP contribution in [0.4, 0.5) is 0 Å². The van der Waals surface area contributed by atoms with E-state index in [2.05, 4.69) is 30.3 Å². The number of hydrogen-bond donors (Lipinski definition) is 0. The van der Waals surface area contributed by atoms with Gasteiger partial charge in [0.1, 0.15) is 0 Å². The van der Waals surface area contributed by atoms with Crippen LogP contribution in [0.5, 0.6) is 0 Å². The lowest BCUT2D eigenvalue weighted by Gasteiger charge is -2.33. The molecule has 0 heterocycles. The van der Waals surface area contributed by atoms with E-state index >= 15 is 0 Å². The fourth-order valence-electron chi connectivity index (χ4n) is 4.01. The Labute approximate surface area is 124 Å². The first-order chi connectivity index (χ1) is 10.2. The maximum absolute atomic E-state index is 12.8. The summed E-state index contributed by atoms with van der Waals surface area (Å²) >= 11 is 0. The molecule has 0 N–H and O–H groups in total. The standard InChI is InChI=1S/C19H18O2/c1-21-19(11-14-7-2-3-8-15(14)12-19)17-10-13-6-4-5-9-16(13)18(17)20/h2-9,17H,10-12H2,1H3/t17-/m0/s1. The van der Waals surface area contributed by atoms with E-state index in [-0.39, 0.29) is 17.3 Å². The number of ether oxygens (including phenoxy) is 1. The van der Waals surface area contributed by atoms with Crippen LogP contribution in [0.2, 0.25) is 0 Å². The van der Waals surface area contributed by atoms with E-state index in [1.54, 1.807) is 7.11 Å². The highest BCUT2D eigenvalue weighted by Gasteiger charge is 2.50. The molecule has 2 heteroatoms. The topological polar surface area (TPSA) is 26.3 Å². The molecule has 0 aliphatic heterocycles. The molecule has 0 saturated carbocycles. The Morgan fingerprint density at radius 2 is 1.52 bits per heavy atom. The van der Waals surface area contributed by atoms with Gasteiger partial charge in [-0.15, -0.1) is 0 Å². The number of fused-ring (bicyclic) bond motifs is 2. The number of methoxy groups -OCH3 is 1. The SMILES string of the molecule is COC1([C@H]2Cc3ccccc3C2=O)Cc2ccccc2C1. The molecule has 0 spiro atoms. The zero-order valence-corrected chi connectivity index (χ0v) is 12.1. The van der Waals surface area contributed by atoms with Crippen molar-refractivity contribution < 1.29 is 9.53 Å². The lowest BCUT2D eigenvalue weighted by atomic mass is 9.81. The fourth-order valence-corrected chi connectivity index (χ4v) is 4.01. The number of benzene rings is 2. The van der Waals surface area contributed by atoms with Crippen LogP contribution in [0, 0.1) is 5.92 Å². The second kappa shape index (κ2) is 4.54. The summed E-state index contributed by atoms with van der Waals surface area (Å²) < 4.78 is 5.95.